The number of aliphatic hydroxyl groups excluding tert-OH is 1. The summed E-state index contributed by atoms with van der Waals surface area (Å²) in [5.74, 6) is -2.70. The quantitative estimate of drug-likeness (QED) is 0.337. The number of cyclic esters (lactones) is 1. The van der Waals surface area contributed by atoms with Crippen molar-refractivity contribution in [3.05, 3.63) is 24.3 Å². The van der Waals surface area contributed by atoms with Gasteiger partial charge in [0.25, 0.3) is 0 Å². The summed E-state index contributed by atoms with van der Waals surface area (Å²) in [5.41, 5.74) is -2.29. The maximum Gasteiger partial charge on any atom is 0.313 e. The van der Waals surface area contributed by atoms with E-state index in [4.69, 9.17) is 9.47 Å². The van der Waals surface area contributed by atoms with E-state index in [1.54, 1.807) is 11.0 Å². The summed E-state index contributed by atoms with van der Waals surface area (Å²) >= 11 is 0. The molecule has 0 aromatic heterocycles. The van der Waals surface area contributed by atoms with Crippen LogP contribution in [0.5, 0.6) is 0 Å². The number of nitrogens with zero attached hydrogens (tertiary/aromatic N) is 2. The van der Waals surface area contributed by atoms with Crippen LogP contribution in [0.25, 0.3) is 0 Å². The predicted molar refractivity (Wildman–Crippen MR) is 121 cm³/mol. The molecule has 0 radical (unpaired) electrons. The van der Waals surface area contributed by atoms with Crippen LogP contribution >= 0.6 is 0 Å². The van der Waals surface area contributed by atoms with Crippen LogP contribution < -0.4 is 0 Å². The lowest BCUT2D eigenvalue weighted by Gasteiger charge is -2.40. The molecule has 0 bridgehead atoms. The van der Waals surface area contributed by atoms with E-state index in [1.807, 2.05) is 32.1 Å². The van der Waals surface area contributed by atoms with Crippen molar-refractivity contribution in [1.82, 2.24) is 9.80 Å². The third-order valence-corrected chi connectivity index (χ3v) is 7.82. The molecule has 1 spiro atoms. The van der Waals surface area contributed by atoms with E-state index in [0.29, 0.717) is 25.9 Å². The Hall–Kier alpha value is -2.19. The average molecular weight is 461 g/mol. The number of aliphatic hydroxyl groups is 1. The highest BCUT2D eigenvalue weighted by Crippen LogP contribution is 2.58. The summed E-state index contributed by atoms with van der Waals surface area (Å²) in [7, 11) is 0. The van der Waals surface area contributed by atoms with Crippen molar-refractivity contribution in [2.24, 2.45) is 11.8 Å². The third-order valence-electron chi connectivity index (χ3n) is 7.82. The van der Waals surface area contributed by atoms with E-state index in [-0.39, 0.29) is 25.0 Å². The van der Waals surface area contributed by atoms with Crippen LogP contribution in [-0.4, -0.2) is 82.3 Å². The molecule has 4 heterocycles. The minimum Gasteiger partial charge on any atom is -0.461 e. The highest BCUT2D eigenvalue weighted by atomic mass is 16.6. The molecule has 0 aliphatic carbocycles. The largest absolute Gasteiger partial charge is 0.461 e. The maximum absolute atomic E-state index is 14.0. The molecule has 4 aliphatic heterocycles. The van der Waals surface area contributed by atoms with Gasteiger partial charge in [0.1, 0.15) is 29.8 Å². The van der Waals surface area contributed by atoms with Gasteiger partial charge in [0.15, 0.2) is 0 Å². The molecule has 2 amide bonds. The smallest absolute Gasteiger partial charge is 0.313 e. The number of amides is 2. The highest BCUT2D eigenvalue weighted by molar-refractivity contribution is 5.99. The zero-order valence-corrected chi connectivity index (χ0v) is 19.9. The Morgan fingerprint density at radius 3 is 2.55 bits per heavy atom. The van der Waals surface area contributed by atoms with Gasteiger partial charge in [-0.2, -0.15) is 0 Å². The summed E-state index contributed by atoms with van der Waals surface area (Å²) in [5, 5.41) is 10.1. The third kappa shape index (κ3) is 3.53. The molecule has 0 aromatic carbocycles. The maximum atomic E-state index is 14.0. The van der Waals surface area contributed by atoms with Crippen molar-refractivity contribution in [1.29, 1.82) is 0 Å². The fraction of sp³-hybridized carbons (Fsp3) is 0.720. The van der Waals surface area contributed by atoms with Gasteiger partial charge in [-0.1, -0.05) is 51.8 Å². The second-order valence-electron chi connectivity index (χ2n) is 9.54. The lowest BCUT2D eigenvalue weighted by molar-refractivity contribution is -0.161. The molecule has 8 nitrogen and oxygen atoms in total. The first-order valence-corrected chi connectivity index (χ1v) is 12.3. The van der Waals surface area contributed by atoms with E-state index in [0.717, 1.165) is 19.3 Å². The van der Waals surface area contributed by atoms with Gasteiger partial charge in [-0.05, 0) is 25.3 Å². The normalized spacial score (nSPS) is 36.2. The van der Waals surface area contributed by atoms with Crippen molar-refractivity contribution in [3.63, 3.8) is 0 Å². The van der Waals surface area contributed by atoms with Crippen LogP contribution in [0, 0.1) is 11.8 Å². The number of hydrogen-bond donors (Lipinski definition) is 1. The average Bonchev–Trinajstić information content (AvgIpc) is 3.09. The fourth-order valence-electron chi connectivity index (χ4n) is 6.14. The number of fused-ring (bicyclic) bond motifs is 2. The van der Waals surface area contributed by atoms with Gasteiger partial charge in [-0.25, -0.2) is 0 Å². The molecule has 8 heteroatoms. The minimum atomic E-state index is -1.28. The van der Waals surface area contributed by atoms with Crippen LogP contribution in [0.15, 0.2) is 24.3 Å². The first-order chi connectivity index (χ1) is 15.9. The van der Waals surface area contributed by atoms with Crippen LogP contribution in [0.2, 0.25) is 0 Å². The molecule has 4 aliphatic rings. The number of esters is 1. The second-order valence-corrected chi connectivity index (χ2v) is 9.54. The lowest BCUT2D eigenvalue weighted by atomic mass is 9.73. The van der Waals surface area contributed by atoms with Gasteiger partial charge in [-0.15, -0.1) is 0 Å². The Kier molecular flexibility index (Phi) is 6.69. The van der Waals surface area contributed by atoms with Gasteiger partial charge >= 0.3 is 5.97 Å². The first-order valence-electron chi connectivity index (χ1n) is 12.3. The minimum absolute atomic E-state index is 0.135. The molecule has 6 atom stereocenters. The number of carbonyl (C=O) groups excluding carboxylic acids is 3. The molecule has 0 saturated carbocycles. The SMILES string of the molecule is CCCCCN1CC=C[C@]23O[C@]4(CC)C=CCOC(=O)[C@@H]4[C@H]2C(=O)N([C@@H](CC)CO)C3C1=O. The van der Waals surface area contributed by atoms with E-state index in [1.165, 1.54) is 4.90 Å². The fourth-order valence-corrected chi connectivity index (χ4v) is 6.14. The van der Waals surface area contributed by atoms with E-state index in [9.17, 15) is 19.5 Å². The Morgan fingerprint density at radius 1 is 1.09 bits per heavy atom. The molecule has 0 aromatic rings. The molecular weight excluding hydrogens is 424 g/mol. The van der Waals surface area contributed by atoms with Gasteiger partial charge in [0, 0.05) is 13.1 Å². The zero-order chi connectivity index (χ0) is 23.8. The summed E-state index contributed by atoms with van der Waals surface area (Å²) in [6.45, 7) is 6.81. The number of ether oxygens (including phenoxy) is 2. The van der Waals surface area contributed by atoms with Crippen LogP contribution in [0.4, 0.5) is 0 Å². The van der Waals surface area contributed by atoms with Crippen LogP contribution in [0.1, 0.15) is 52.9 Å². The van der Waals surface area contributed by atoms with Crippen LogP contribution in [0.3, 0.4) is 0 Å². The Bertz CT molecular complexity index is 852. The van der Waals surface area contributed by atoms with Crippen molar-refractivity contribution >= 4 is 17.8 Å². The van der Waals surface area contributed by atoms with E-state index < -0.39 is 41.1 Å². The molecule has 2 saturated heterocycles. The summed E-state index contributed by atoms with van der Waals surface area (Å²) in [6, 6.07) is -1.46. The zero-order valence-electron chi connectivity index (χ0n) is 19.9. The van der Waals surface area contributed by atoms with E-state index >= 15 is 0 Å². The standard InChI is InChI=1S/C25H36N2O6/c1-4-7-8-13-26-14-9-12-25-18(19-23(31)32-15-10-11-24(19,6-3)33-25)21(29)27(17(5-2)16-28)20(25)22(26)30/h9-12,17-20,28H,4-8,13-16H2,1-3H3/t17-,18-,19-,20?,24+,25-/m0/s1. The number of likely N-dealkylation sites (tertiary alicyclic amines) is 1. The van der Waals surface area contributed by atoms with Crippen molar-refractivity contribution in [3.8, 4) is 0 Å². The number of unbranched alkanes of at least 4 members (excludes halogenated alkanes) is 2. The first kappa shape index (κ1) is 24.0. The Morgan fingerprint density at radius 2 is 1.88 bits per heavy atom. The molecule has 4 rings (SSSR count). The lowest BCUT2D eigenvalue weighted by Crippen LogP contribution is -2.58. The number of hydrogen-bond acceptors (Lipinski definition) is 6. The Balaban J connectivity index is 1.84. The number of carbonyl (C=O) groups is 3. The second kappa shape index (κ2) is 9.22. The number of rotatable bonds is 8. The van der Waals surface area contributed by atoms with Gasteiger partial charge in [-0.3, -0.25) is 14.4 Å². The summed E-state index contributed by atoms with van der Waals surface area (Å²) in [6.07, 6.45) is 11.2. The van der Waals surface area contributed by atoms with Gasteiger partial charge in [0.2, 0.25) is 11.8 Å². The Labute approximate surface area is 195 Å². The van der Waals surface area contributed by atoms with E-state index in [2.05, 4.69) is 6.92 Å². The highest BCUT2D eigenvalue weighted by Gasteiger charge is 2.75. The van der Waals surface area contributed by atoms with Crippen LogP contribution in [-0.2, 0) is 23.9 Å². The summed E-state index contributed by atoms with van der Waals surface area (Å²) < 4.78 is 12.2. The molecule has 33 heavy (non-hydrogen) atoms. The molecule has 2 fully saturated rings. The predicted octanol–water partition coefficient (Wildman–Crippen LogP) is 1.82. The molecule has 182 valence electrons. The molecule has 1 unspecified atom stereocenters. The van der Waals surface area contributed by atoms with Gasteiger partial charge < -0.3 is 24.4 Å². The van der Waals surface area contributed by atoms with Crippen molar-refractivity contribution in [2.45, 2.75) is 76.2 Å². The molecule has 1 N–H and O–H groups in total. The van der Waals surface area contributed by atoms with Crippen molar-refractivity contribution in [2.75, 3.05) is 26.3 Å². The van der Waals surface area contributed by atoms with Crippen molar-refractivity contribution < 1.29 is 29.0 Å². The van der Waals surface area contributed by atoms with Gasteiger partial charge in [0.05, 0.1) is 18.6 Å². The monoisotopic (exact) mass is 460 g/mol. The summed E-state index contributed by atoms with van der Waals surface area (Å²) in [4.78, 5) is 44.4. The molecular formula is C25H36N2O6. The topological polar surface area (TPSA) is 96.4 Å².